The first-order valence-corrected chi connectivity index (χ1v) is 7.46. The zero-order valence-electron chi connectivity index (χ0n) is 13.7. The highest BCUT2D eigenvalue weighted by molar-refractivity contribution is 5.70. The van der Waals surface area contributed by atoms with Crippen molar-refractivity contribution in [3.8, 4) is 17.9 Å². The number of pyridine rings is 1. The zero-order chi connectivity index (χ0) is 18.0. The van der Waals surface area contributed by atoms with E-state index >= 15 is 0 Å². The van der Waals surface area contributed by atoms with E-state index < -0.39 is 11.2 Å². The molecule has 0 saturated carbocycles. The molecule has 0 spiro atoms. The molecule has 0 amide bonds. The van der Waals surface area contributed by atoms with Gasteiger partial charge in [0, 0.05) is 13.2 Å². The van der Waals surface area contributed by atoms with Gasteiger partial charge in [-0.05, 0) is 19.1 Å². The summed E-state index contributed by atoms with van der Waals surface area (Å²) in [6.45, 7) is 1.92. The smallest absolute Gasteiger partial charge is 0.313 e. The average Bonchev–Trinajstić information content (AvgIpc) is 3.06. The molecular weight excluding hydrogens is 320 g/mol. The fraction of sp³-hybridized carbons (Fsp3) is 0.235. The minimum Gasteiger partial charge on any atom is -0.313 e. The third-order valence-corrected chi connectivity index (χ3v) is 3.85. The van der Waals surface area contributed by atoms with Crippen LogP contribution in [0.15, 0.2) is 34.2 Å². The second-order valence-electron chi connectivity index (χ2n) is 5.31. The van der Waals surface area contributed by atoms with E-state index in [1.54, 1.807) is 30.7 Å². The number of aryl methyl sites for hydroxylation is 1. The molecule has 3 heterocycles. The van der Waals surface area contributed by atoms with Crippen LogP contribution in [0, 0.1) is 23.2 Å². The molecule has 3 rings (SSSR count). The van der Waals surface area contributed by atoms with E-state index in [4.69, 9.17) is 0 Å². The van der Waals surface area contributed by atoms with Crippen LogP contribution < -0.4 is 11.2 Å². The van der Waals surface area contributed by atoms with Gasteiger partial charge in [-0.15, -0.1) is 5.92 Å². The summed E-state index contributed by atoms with van der Waals surface area (Å²) in [6, 6.07) is 5.24. The monoisotopic (exact) mass is 334 g/mol. The van der Waals surface area contributed by atoms with Crippen LogP contribution >= 0.6 is 0 Å². The summed E-state index contributed by atoms with van der Waals surface area (Å²) >= 11 is 0. The molecule has 0 N–H and O–H groups in total. The second kappa shape index (κ2) is 6.46. The Morgan fingerprint density at radius 3 is 2.80 bits per heavy atom. The predicted molar refractivity (Wildman–Crippen MR) is 90.7 cm³/mol. The minimum atomic E-state index is -0.515. The molecule has 0 fully saturated rings. The van der Waals surface area contributed by atoms with Crippen molar-refractivity contribution in [2.75, 3.05) is 0 Å². The second-order valence-corrected chi connectivity index (χ2v) is 5.31. The first kappa shape index (κ1) is 16.2. The van der Waals surface area contributed by atoms with Crippen LogP contribution in [0.2, 0.25) is 0 Å². The van der Waals surface area contributed by atoms with Crippen molar-refractivity contribution < 1.29 is 0 Å². The molecule has 8 heteroatoms. The van der Waals surface area contributed by atoms with Gasteiger partial charge >= 0.3 is 5.69 Å². The number of rotatable bonds is 3. The van der Waals surface area contributed by atoms with Gasteiger partial charge in [-0.3, -0.25) is 18.9 Å². The molecule has 0 aliphatic carbocycles. The topological polar surface area (TPSA) is 98.5 Å². The minimum absolute atomic E-state index is 0.0875. The maximum absolute atomic E-state index is 12.9. The molecule has 0 aliphatic rings. The Balaban J connectivity index is 2.25. The lowest BCUT2D eigenvalue weighted by molar-refractivity contribution is 0.643. The highest BCUT2D eigenvalue weighted by Crippen LogP contribution is 2.07. The first-order valence-electron chi connectivity index (χ1n) is 7.46. The Bertz CT molecular complexity index is 1180. The van der Waals surface area contributed by atoms with Gasteiger partial charge in [0.15, 0.2) is 11.2 Å². The SMILES string of the molecule is CC#CCn1cnc2c1c(=O)n(Cc1ncccc1C#N)c(=O)n2C. The molecule has 0 bridgehead atoms. The molecule has 0 radical (unpaired) electrons. The molecule has 0 saturated heterocycles. The van der Waals surface area contributed by atoms with Gasteiger partial charge in [0.1, 0.15) is 6.07 Å². The van der Waals surface area contributed by atoms with E-state index in [-0.39, 0.29) is 6.54 Å². The van der Waals surface area contributed by atoms with E-state index in [0.717, 1.165) is 4.57 Å². The summed E-state index contributed by atoms with van der Waals surface area (Å²) in [4.78, 5) is 33.7. The van der Waals surface area contributed by atoms with Crippen LogP contribution in [0.4, 0.5) is 0 Å². The fourth-order valence-corrected chi connectivity index (χ4v) is 2.56. The number of nitrogens with zero attached hydrogens (tertiary/aromatic N) is 6. The van der Waals surface area contributed by atoms with E-state index in [2.05, 4.69) is 21.8 Å². The van der Waals surface area contributed by atoms with Crippen LogP contribution in [0.25, 0.3) is 11.2 Å². The first-order chi connectivity index (χ1) is 12.1. The summed E-state index contributed by atoms with van der Waals surface area (Å²) in [7, 11) is 1.55. The van der Waals surface area contributed by atoms with E-state index in [1.165, 1.54) is 17.1 Å². The molecule has 124 valence electrons. The van der Waals surface area contributed by atoms with Crippen LogP contribution in [0.5, 0.6) is 0 Å². The van der Waals surface area contributed by atoms with Gasteiger partial charge < -0.3 is 4.57 Å². The van der Waals surface area contributed by atoms with Crippen LogP contribution in [-0.4, -0.2) is 23.7 Å². The number of nitriles is 1. The van der Waals surface area contributed by atoms with Crippen LogP contribution in [0.1, 0.15) is 18.2 Å². The average molecular weight is 334 g/mol. The summed E-state index contributed by atoms with van der Waals surface area (Å²) in [5.74, 6) is 5.64. The zero-order valence-corrected chi connectivity index (χ0v) is 13.7. The summed E-state index contributed by atoms with van der Waals surface area (Å²) < 4.78 is 3.97. The van der Waals surface area contributed by atoms with Gasteiger partial charge in [-0.25, -0.2) is 9.78 Å². The Labute approximate surface area is 142 Å². The van der Waals surface area contributed by atoms with Gasteiger partial charge in [-0.1, -0.05) is 5.92 Å². The third-order valence-electron chi connectivity index (χ3n) is 3.85. The van der Waals surface area contributed by atoms with E-state index in [0.29, 0.717) is 29.0 Å². The molecule has 25 heavy (non-hydrogen) atoms. The van der Waals surface area contributed by atoms with Crippen molar-refractivity contribution in [1.29, 1.82) is 5.26 Å². The van der Waals surface area contributed by atoms with Gasteiger partial charge in [0.2, 0.25) is 0 Å². The van der Waals surface area contributed by atoms with Gasteiger partial charge in [0.25, 0.3) is 5.56 Å². The molecule has 0 unspecified atom stereocenters. The number of fused-ring (bicyclic) bond motifs is 1. The van der Waals surface area contributed by atoms with Crippen molar-refractivity contribution in [2.45, 2.75) is 20.0 Å². The summed E-state index contributed by atoms with van der Waals surface area (Å²) in [5.41, 5.74) is 0.275. The third kappa shape index (κ3) is 2.70. The van der Waals surface area contributed by atoms with Crippen molar-refractivity contribution >= 4 is 11.2 Å². The van der Waals surface area contributed by atoms with Crippen molar-refractivity contribution in [3.63, 3.8) is 0 Å². The summed E-state index contributed by atoms with van der Waals surface area (Å²) in [5, 5.41) is 9.18. The molecular formula is C17H14N6O2. The van der Waals surface area contributed by atoms with Crippen molar-refractivity contribution in [2.24, 2.45) is 7.05 Å². The van der Waals surface area contributed by atoms with Crippen LogP contribution in [0.3, 0.4) is 0 Å². The predicted octanol–water partition coefficient (Wildman–Crippen LogP) is 0.235. The maximum Gasteiger partial charge on any atom is 0.332 e. The normalized spacial score (nSPS) is 10.3. The van der Waals surface area contributed by atoms with Gasteiger partial charge in [0.05, 0.1) is 30.7 Å². The number of hydrogen-bond acceptors (Lipinski definition) is 5. The Morgan fingerprint density at radius 1 is 1.28 bits per heavy atom. The highest BCUT2D eigenvalue weighted by atomic mass is 16.2. The lowest BCUT2D eigenvalue weighted by Crippen LogP contribution is -2.40. The number of aromatic nitrogens is 5. The molecule has 0 atom stereocenters. The van der Waals surface area contributed by atoms with Gasteiger partial charge in [-0.2, -0.15) is 5.26 Å². The lowest BCUT2D eigenvalue weighted by Gasteiger charge is -2.09. The lowest BCUT2D eigenvalue weighted by atomic mass is 10.2. The van der Waals surface area contributed by atoms with Crippen molar-refractivity contribution in [1.82, 2.24) is 23.7 Å². The quantitative estimate of drug-likeness (QED) is 0.639. The molecule has 3 aromatic rings. The molecule has 3 aromatic heterocycles. The van der Waals surface area contributed by atoms with E-state index in [1.807, 2.05) is 6.07 Å². The molecule has 0 aliphatic heterocycles. The van der Waals surface area contributed by atoms with Crippen molar-refractivity contribution in [3.05, 3.63) is 56.8 Å². The summed E-state index contributed by atoms with van der Waals surface area (Å²) in [6.07, 6.45) is 3.01. The van der Waals surface area contributed by atoms with E-state index in [9.17, 15) is 14.9 Å². The standard InChI is InChI=1S/C17H14N6O2/c1-3-4-8-22-11-20-15-14(22)16(24)23(17(25)21(15)2)10-13-12(9-18)6-5-7-19-13/h5-7,11H,8,10H2,1-2H3. The number of imidazole rings is 1. The largest absolute Gasteiger partial charge is 0.332 e. The fourth-order valence-electron chi connectivity index (χ4n) is 2.56. The highest BCUT2D eigenvalue weighted by Gasteiger charge is 2.17. The Kier molecular flexibility index (Phi) is 4.19. The Morgan fingerprint density at radius 2 is 2.08 bits per heavy atom. The maximum atomic E-state index is 12.9. The van der Waals surface area contributed by atoms with Crippen LogP contribution in [-0.2, 0) is 20.1 Å². The molecule has 8 nitrogen and oxygen atoms in total. The molecule has 0 aromatic carbocycles. The number of hydrogen-bond donors (Lipinski definition) is 0. The Hall–Kier alpha value is -3.65.